The van der Waals surface area contributed by atoms with Crippen LogP contribution in [0.4, 0.5) is 5.69 Å². The first-order valence-electron chi connectivity index (χ1n) is 5.31. The summed E-state index contributed by atoms with van der Waals surface area (Å²) in [6.07, 6.45) is 1.52. The number of ether oxygens (including phenoxy) is 1. The van der Waals surface area contributed by atoms with Crippen molar-refractivity contribution in [3.63, 3.8) is 0 Å². The van der Waals surface area contributed by atoms with Gasteiger partial charge in [-0.05, 0) is 40.2 Å². The zero-order valence-corrected chi connectivity index (χ0v) is 12.4. The van der Waals surface area contributed by atoms with E-state index in [1.807, 2.05) is 0 Å². The number of halogens is 1. The third-order valence-corrected chi connectivity index (χ3v) is 4.71. The lowest BCUT2D eigenvalue weighted by Crippen LogP contribution is -2.14. The van der Waals surface area contributed by atoms with Crippen molar-refractivity contribution < 1.29 is 13.2 Å². The summed E-state index contributed by atoms with van der Waals surface area (Å²) in [6, 6.07) is 9.78. The molecule has 0 aliphatic heterocycles. The SMILES string of the molecule is COc1ncccc1NS(=O)(=O)c1ccccc1Br. The van der Waals surface area contributed by atoms with Crippen molar-refractivity contribution in [3.8, 4) is 5.88 Å². The highest BCUT2D eigenvalue weighted by molar-refractivity contribution is 9.10. The lowest BCUT2D eigenvalue weighted by molar-refractivity contribution is 0.400. The quantitative estimate of drug-likeness (QED) is 0.927. The van der Waals surface area contributed by atoms with Gasteiger partial charge in [-0.25, -0.2) is 13.4 Å². The van der Waals surface area contributed by atoms with Crippen LogP contribution in [-0.2, 0) is 10.0 Å². The number of methoxy groups -OCH3 is 1. The average Bonchev–Trinajstić information content (AvgIpc) is 2.39. The molecule has 2 rings (SSSR count). The Bertz CT molecular complexity index is 689. The van der Waals surface area contributed by atoms with Crippen molar-refractivity contribution in [3.05, 3.63) is 47.1 Å². The van der Waals surface area contributed by atoms with E-state index in [1.165, 1.54) is 19.4 Å². The van der Waals surface area contributed by atoms with Gasteiger partial charge in [-0.2, -0.15) is 0 Å². The van der Waals surface area contributed by atoms with Gasteiger partial charge in [-0.15, -0.1) is 0 Å². The van der Waals surface area contributed by atoms with Crippen molar-refractivity contribution in [2.45, 2.75) is 4.90 Å². The summed E-state index contributed by atoms with van der Waals surface area (Å²) in [4.78, 5) is 4.09. The molecule has 0 saturated heterocycles. The van der Waals surface area contributed by atoms with Gasteiger partial charge in [0.2, 0.25) is 5.88 Å². The van der Waals surface area contributed by atoms with Gasteiger partial charge in [-0.1, -0.05) is 12.1 Å². The Morgan fingerprint density at radius 1 is 1.21 bits per heavy atom. The number of aromatic nitrogens is 1. The van der Waals surface area contributed by atoms with Crippen LogP contribution >= 0.6 is 15.9 Å². The molecule has 0 spiro atoms. The molecule has 1 aromatic heterocycles. The molecule has 0 aliphatic carbocycles. The second kappa shape index (κ2) is 5.58. The van der Waals surface area contributed by atoms with Crippen molar-refractivity contribution in [2.75, 3.05) is 11.8 Å². The molecule has 1 aromatic carbocycles. The Balaban J connectivity index is 2.40. The summed E-state index contributed by atoms with van der Waals surface area (Å²) in [5.41, 5.74) is 0.292. The first-order valence-corrected chi connectivity index (χ1v) is 7.58. The Morgan fingerprint density at radius 2 is 1.95 bits per heavy atom. The van der Waals surface area contributed by atoms with Gasteiger partial charge in [0.1, 0.15) is 10.6 Å². The standard InChI is InChI=1S/C12H11BrN2O3S/c1-18-12-10(6-4-8-14-12)15-19(16,17)11-7-3-2-5-9(11)13/h2-8,15H,1H3. The van der Waals surface area contributed by atoms with E-state index in [1.54, 1.807) is 30.3 Å². The van der Waals surface area contributed by atoms with Gasteiger partial charge < -0.3 is 4.74 Å². The first kappa shape index (κ1) is 13.8. The van der Waals surface area contributed by atoms with E-state index in [9.17, 15) is 8.42 Å². The van der Waals surface area contributed by atoms with Crippen LogP contribution in [0.1, 0.15) is 0 Å². The molecule has 1 heterocycles. The minimum atomic E-state index is -3.69. The van der Waals surface area contributed by atoms with Crippen LogP contribution in [0.2, 0.25) is 0 Å². The van der Waals surface area contributed by atoms with Crippen LogP contribution in [0.15, 0.2) is 52.0 Å². The van der Waals surface area contributed by atoms with Crippen molar-refractivity contribution in [2.24, 2.45) is 0 Å². The molecule has 0 bridgehead atoms. The summed E-state index contributed by atoms with van der Waals surface area (Å²) in [5.74, 6) is 0.220. The highest BCUT2D eigenvalue weighted by atomic mass is 79.9. The predicted octanol–water partition coefficient (Wildman–Crippen LogP) is 2.65. The molecule has 7 heteroatoms. The Kier molecular flexibility index (Phi) is 4.06. The molecule has 1 N–H and O–H groups in total. The molecule has 0 radical (unpaired) electrons. The maximum Gasteiger partial charge on any atom is 0.263 e. The summed E-state index contributed by atoms with van der Waals surface area (Å²) < 4.78 is 32.5. The fraction of sp³-hybridized carbons (Fsp3) is 0.0833. The zero-order chi connectivity index (χ0) is 13.9. The summed E-state index contributed by atoms with van der Waals surface area (Å²) in [5, 5.41) is 0. The highest BCUT2D eigenvalue weighted by Gasteiger charge is 2.19. The smallest absolute Gasteiger partial charge is 0.263 e. The van der Waals surface area contributed by atoms with E-state index in [0.717, 1.165) is 0 Å². The minimum absolute atomic E-state index is 0.154. The number of rotatable bonds is 4. The van der Waals surface area contributed by atoms with Crippen LogP contribution in [-0.4, -0.2) is 20.5 Å². The van der Waals surface area contributed by atoms with Gasteiger partial charge in [0, 0.05) is 10.7 Å². The van der Waals surface area contributed by atoms with Gasteiger partial charge in [-0.3, -0.25) is 4.72 Å². The van der Waals surface area contributed by atoms with E-state index in [4.69, 9.17) is 4.74 Å². The van der Waals surface area contributed by atoms with E-state index in [-0.39, 0.29) is 10.8 Å². The molecule has 100 valence electrons. The molecular formula is C12H11BrN2O3S. The number of nitrogens with one attached hydrogen (secondary N) is 1. The summed E-state index contributed by atoms with van der Waals surface area (Å²) in [6.45, 7) is 0. The monoisotopic (exact) mass is 342 g/mol. The Labute approximate surface area is 119 Å². The fourth-order valence-electron chi connectivity index (χ4n) is 1.49. The largest absolute Gasteiger partial charge is 0.480 e. The van der Waals surface area contributed by atoms with E-state index >= 15 is 0 Å². The fourth-order valence-corrected chi connectivity index (χ4v) is 3.55. The second-order valence-corrected chi connectivity index (χ2v) is 6.10. The third-order valence-electron chi connectivity index (χ3n) is 2.33. The molecule has 0 aliphatic rings. The maximum absolute atomic E-state index is 12.3. The molecule has 0 saturated carbocycles. The average molecular weight is 343 g/mol. The Morgan fingerprint density at radius 3 is 2.63 bits per heavy atom. The Hall–Kier alpha value is -1.60. The van der Waals surface area contributed by atoms with Crippen LogP contribution in [0.25, 0.3) is 0 Å². The third kappa shape index (κ3) is 3.05. The number of anilines is 1. The van der Waals surface area contributed by atoms with Gasteiger partial charge >= 0.3 is 0 Å². The van der Waals surface area contributed by atoms with Gasteiger partial charge in [0.05, 0.1) is 7.11 Å². The highest BCUT2D eigenvalue weighted by Crippen LogP contribution is 2.27. The molecule has 5 nitrogen and oxygen atoms in total. The van der Waals surface area contributed by atoms with Crippen molar-refractivity contribution in [1.82, 2.24) is 4.98 Å². The number of pyridine rings is 1. The summed E-state index contributed by atoms with van der Waals surface area (Å²) in [7, 11) is -2.26. The topological polar surface area (TPSA) is 68.3 Å². The lowest BCUT2D eigenvalue weighted by Gasteiger charge is -2.11. The molecule has 0 atom stereocenters. The normalized spacial score (nSPS) is 11.1. The predicted molar refractivity (Wildman–Crippen MR) is 75.7 cm³/mol. The van der Waals surface area contributed by atoms with Gasteiger partial charge in [0.25, 0.3) is 10.0 Å². The number of hydrogen-bond donors (Lipinski definition) is 1. The van der Waals surface area contributed by atoms with Gasteiger partial charge in [0.15, 0.2) is 0 Å². The molecule has 19 heavy (non-hydrogen) atoms. The first-order chi connectivity index (χ1) is 9.04. The molecule has 0 fully saturated rings. The number of hydrogen-bond acceptors (Lipinski definition) is 4. The molecule has 2 aromatic rings. The van der Waals surface area contributed by atoms with E-state index in [0.29, 0.717) is 10.2 Å². The second-order valence-electron chi connectivity index (χ2n) is 3.60. The van der Waals surface area contributed by atoms with E-state index < -0.39 is 10.0 Å². The van der Waals surface area contributed by atoms with Crippen LogP contribution in [0, 0.1) is 0 Å². The number of benzene rings is 1. The summed E-state index contributed by atoms with van der Waals surface area (Å²) >= 11 is 3.21. The maximum atomic E-state index is 12.3. The van der Waals surface area contributed by atoms with Crippen LogP contribution < -0.4 is 9.46 Å². The van der Waals surface area contributed by atoms with Crippen LogP contribution in [0.5, 0.6) is 5.88 Å². The zero-order valence-electron chi connectivity index (χ0n) is 10.00. The molecule has 0 amide bonds. The minimum Gasteiger partial charge on any atom is -0.480 e. The lowest BCUT2D eigenvalue weighted by atomic mass is 10.4. The molecule has 0 unspecified atom stereocenters. The number of sulfonamides is 1. The van der Waals surface area contributed by atoms with Crippen LogP contribution in [0.3, 0.4) is 0 Å². The van der Waals surface area contributed by atoms with Crippen molar-refractivity contribution in [1.29, 1.82) is 0 Å². The van der Waals surface area contributed by atoms with Crippen molar-refractivity contribution >= 4 is 31.6 Å². The molecular weight excluding hydrogens is 332 g/mol. The van der Waals surface area contributed by atoms with E-state index in [2.05, 4.69) is 25.6 Å². The number of nitrogens with zero attached hydrogens (tertiary/aromatic N) is 1.